The molecule has 2 aromatic heterocycles. The van der Waals surface area contributed by atoms with Crippen molar-refractivity contribution in [3.8, 4) is 11.5 Å². The summed E-state index contributed by atoms with van der Waals surface area (Å²) in [4.78, 5) is 78.7. The standard InChI is InChI=1S/C25H27N5O5.C21H20N4O4.C4H7NO/c1-15(2)26-25(33)27-17-9-10-22-21(12-17)30(3)24(32)20(14-34-22)28-23(31)19-13-18(35-29-19)11-16-7-5-4-6-8-16;1-25-18-10-14(22)7-8-19(18)28-12-17(21(25)27)23-20(26)16-11-15(29-24-16)9-13-5-3-2-4-6-13;1-4(2)5-3-6/h4-10,12-13,15,20H,11,14H2,1-3H3,(H,28,31)(H2,26,27,33);2-8,10-11,17H,9,12,22H2,1H3,(H,23,26);4H,1-2H3/t20-;17-;/m00./s1. The Bertz CT molecular complexity index is 2820. The summed E-state index contributed by atoms with van der Waals surface area (Å²) in [5.41, 5.74) is 10.1. The van der Waals surface area contributed by atoms with Crippen molar-refractivity contribution < 1.29 is 47.3 Å². The van der Waals surface area contributed by atoms with Crippen molar-refractivity contribution in [3.05, 3.63) is 143 Å². The highest BCUT2D eigenvalue weighted by Gasteiger charge is 2.33. The Balaban J connectivity index is 0.000000208. The summed E-state index contributed by atoms with van der Waals surface area (Å²) >= 11 is 0. The zero-order valence-electron chi connectivity index (χ0n) is 39.4. The molecule has 6 N–H and O–H groups in total. The third-order valence-electron chi connectivity index (χ3n) is 10.4. The second kappa shape index (κ2) is 23.8. The fourth-order valence-corrected chi connectivity index (χ4v) is 6.90. The van der Waals surface area contributed by atoms with Crippen LogP contribution in [-0.4, -0.2) is 97.5 Å². The lowest BCUT2D eigenvalue weighted by Gasteiger charge is -2.20. The highest BCUT2D eigenvalue weighted by molar-refractivity contribution is 6.04. The number of hydrogen-bond donors (Lipinski definition) is 5. The second-order valence-electron chi connectivity index (χ2n) is 16.6. The minimum Gasteiger partial charge on any atom is -0.489 e. The van der Waals surface area contributed by atoms with E-state index in [4.69, 9.17) is 24.3 Å². The van der Waals surface area contributed by atoms with Crippen LogP contribution in [0.3, 0.4) is 0 Å². The van der Waals surface area contributed by atoms with Gasteiger partial charge in [0.2, 0.25) is 6.08 Å². The third-order valence-corrected chi connectivity index (χ3v) is 10.4. The molecule has 0 saturated heterocycles. The van der Waals surface area contributed by atoms with Crippen LogP contribution in [0, 0.1) is 0 Å². The maximum atomic E-state index is 13.1. The largest absolute Gasteiger partial charge is 0.489 e. The van der Waals surface area contributed by atoms with Crippen LogP contribution in [0.5, 0.6) is 11.5 Å². The topological polar surface area (TPSA) is 266 Å². The number of rotatable bonds is 11. The molecule has 0 spiro atoms. The Labute approximate surface area is 403 Å². The summed E-state index contributed by atoms with van der Waals surface area (Å²) in [7, 11) is 3.20. The number of nitrogens with two attached hydrogens (primary N) is 1. The van der Waals surface area contributed by atoms with Gasteiger partial charge in [-0.25, -0.2) is 14.6 Å². The van der Waals surface area contributed by atoms with Crippen molar-refractivity contribution in [1.29, 1.82) is 0 Å². The van der Waals surface area contributed by atoms with Gasteiger partial charge in [0.1, 0.15) is 48.3 Å². The van der Waals surface area contributed by atoms with E-state index in [2.05, 4.69) is 36.6 Å². The van der Waals surface area contributed by atoms with Crippen molar-refractivity contribution >= 4 is 58.5 Å². The minimum atomic E-state index is -0.935. The summed E-state index contributed by atoms with van der Waals surface area (Å²) in [5, 5.41) is 18.5. The number of likely N-dealkylation sites (N-methyl/N-ethyl adjacent to an activating group) is 2. The minimum absolute atomic E-state index is 0.000551. The van der Waals surface area contributed by atoms with Gasteiger partial charge in [-0.05, 0) is 75.2 Å². The molecule has 20 heteroatoms. The Morgan fingerprint density at radius 1 is 0.700 bits per heavy atom. The lowest BCUT2D eigenvalue weighted by molar-refractivity contribution is -0.121. The molecule has 364 valence electrons. The number of fused-ring (bicyclic) bond motifs is 2. The van der Waals surface area contributed by atoms with Crippen molar-refractivity contribution in [2.75, 3.05) is 48.2 Å². The number of nitrogens with zero attached hydrogens (tertiary/aromatic N) is 5. The van der Waals surface area contributed by atoms with Crippen LogP contribution in [0.2, 0.25) is 0 Å². The lowest BCUT2D eigenvalue weighted by Crippen LogP contribution is -2.49. The molecule has 4 heterocycles. The molecule has 2 aliphatic heterocycles. The highest BCUT2D eigenvalue weighted by atomic mass is 16.5. The maximum Gasteiger partial charge on any atom is 0.319 e. The van der Waals surface area contributed by atoms with Crippen molar-refractivity contribution in [2.24, 2.45) is 4.99 Å². The average Bonchev–Trinajstić information content (AvgIpc) is 3.97. The lowest BCUT2D eigenvalue weighted by atomic mass is 10.1. The molecule has 6 amide bonds. The van der Waals surface area contributed by atoms with Crippen LogP contribution in [0.1, 0.15) is 71.3 Å². The van der Waals surface area contributed by atoms with Gasteiger partial charge in [0.05, 0.1) is 17.4 Å². The van der Waals surface area contributed by atoms with Gasteiger partial charge in [0.25, 0.3) is 23.6 Å². The zero-order chi connectivity index (χ0) is 50.3. The number of aromatic nitrogens is 2. The number of hydrogen-bond acceptors (Lipinski definition) is 14. The summed E-state index contributed by atoms with van der Waals surface area (Å²) < 4.78 is 22.1. The fourth-order valence-electron chi connectivity index (χ4n) is 6.90. The Morgan fingerprint density at radius 3 is 1.61 bits per heavy atom. The van der Waals surface area contributed by atoms with Gasteiger partial charge in [0, 0.05) is 56.5 Å². The van der Waals surface area contributed by atoms with Crippen molar-refractivity contribution in [2.45, 2.75) is 64.7 Å². The van der Waals surface area contributed by atoms with E-state index in [0.717, 1.165) is 11.1 Å². The Morgan fingerprint density at radius 2 is 1.17 bits per heavy atom. The zero-order valence-corrected chi connectivity index (χ0v) is 39.4. The molecule has 2 aliphatic rings. The van der Waals surface area contributed by atoms with E-state index in [0.29, 0.717) is 58.6 Å². The molecule has 0 aliphatic carbocycles. The Hall–Kier alpha value is -8.77. The SMILES string of the molecule is CC(C)N=C=O.CC(C)NC(=O)Nc1ccc2c(c1)N(C)C(=O)[C@@H](NC(=O)c1cc(Cc3ccccc3)on1)CO2.CN1C(=O)[C@@H](NC(=O)c2cc(Cc3ccccc3)on2)COc2ccc(N)cc21. The smallest absolute Gasteiger partial charge is 0.319 e. The number of amides is 6. The first-order chi connectivity index (χ1) is 33.6. The number of benzene rings is 4. The normalized spacial score (nSPS) is 14.9. The molecule has 20 nitrogen and oxygen atoms in total. The van der Waals surface area contributed by atoms with E-state index in [9.17, 15) is 28.8 Å². The predicted octanol–water partition coefficient (Wildman–Crippen LogP) is 5.68. The number of urea groups is 1. The van der Waals surface area contributed by atoms with E-state index >= 15 is 0 Å². The van der Waals surface area contributed by atoms with Gasteiger partial charge in [-0.3, -0.25) is 19.2 Å². The van der Waals surface area contributed by atoms with E-state index in [-0.39, 0.29) is 54.5 Å². The summed E-state index contributed by atoms with van der Waals surface area (Å²) in [6.07, 6.45) is 2.46. The van der Waals surface area contributed by atoms with E-state index in [1.165, 1.54) is 15.9 Å². The van der Waals surface area contributed by atoms with Gasteiger partial charge in [-0.15, -0.1) is 0 Å². The molecule has 0 saturated carbocycles. The monoisotopic (exact) mass is 954 g/mol. The van der Waals surface area contributed by atoms with Gasteiger partial charge >= 0.3 is 6.03 Å². The number of nitrogen functional groups attached to an aromatic ring is 1. The quantitative estimate of drug-likeness (QED) is 0.0595. The van der Waals surface area contributed by atoms with Crippen LogP contribution in [0.15, 0.2) is 123 Å². The number of nitrogens with one attached hydrogen (secondary N) is 4. The first kappa shape index (κ1) is 50.6. The summed E-state index contributed by atoms with van der Waals surface area (Å²) in [5.74, 6) is 0.360. The molecule has 8 rings (SSSR count). The second-order valence-corrected chi connectivity index (χ2v) is 16.6. The van der Waals surface area contributed by atoms with Crippen LogP contribution in [-0.2, 0) is 27.2 Å². The molecule has 4 aromatic carbocycles. The Kier molecular flexibility index (Phi) is 17.2. The van der Waals surface area contributed by atoms with Crippen molar-refractivity contribution in [3.63, 3.8) is 0 Å². The molecular weight excluding hydrogens is 901 g/mol. The number of ether oxygens (including phenoxy) is 2. The first-order valence-corrected chi connectivity index (χ1v) is 22.2. The van der Waals surface area contributed by atoms with Crippen LogP contribution < -0.4 is 46.3 Å². The molecular formula is C50H54N10O10. The van der Waals surface area contributed by atoms with E-state index in [1.54, 1.807) is 62.6 Å². The highest BCUT2D eigenvalue weighted by Crippen LogP contribution is 2.34. The predicted molar refractivity (Wildman–Crippen MR) is 260 cm³/mol. The van der Waals surface area contributed by atoms with Gasteiger partial charge < -0.3 is 55.3 Å². The number of anilines is 4. The van der Waals surface area contributed by atoms with Crippen molar-refractivity contribution in [1.82, 2.24) is 26.3 Å². The number of isocyanates is 1. The van der Waals surface area contributed by atoms with Crippen LogP contribution in [0.4, 0.5) is 27.5 Å². The fraction of sp³-hybridized carbons (Fsp3) is 0.280. The van der Waals surface area contributed by atoms with Gasteiger partial charge in [-0.1, -0.05) is 71.0 Å². The van der Waals surface area contributed by atoms with E-state index < -0.39 is 23.9 Å². The molecule has 70 heavy (non-hydrogen) atoms. The first-order valence-electron chi connectivity index (χ1n) is 22.2. The third kappa shape index (κ3) is 13.9. The number of aliphatic imine (C=N–C) groups is 1. The molecule has 2 atom stereocenters. The molecule has 0 radical (unpaired) electrons. The number of carbonyl (C=O) groups excluding carboxylic acids is 6. The van der Waals surface area contributed by atoms with Crippen LogP contribution >= 0.6 is 0 Å². The molecule has 0 unspecified atom stereocenters. The molecule has 0 fully saturated rings. The number of carbonyl (C=O) groups is 5. The average molecular weight is 955 g/mol. The maximum absolute atomic E-state index is 13.1. The van der Waals surface area contributed by atoms with Gasteiger partial charge in [0.15, 0.2) is 11.4 Å². The summed E-state index contributed by atoms with van der Waals surface area (Å²) in [6, 6.07) is 30.5. The molecule has 6 aromatic rings. The summed E-state index contributed by atoms with van der Waals surface area (Å²) in [6.45, 7) is 7.30. The van der Waals surface area contributed by atoms with Gasteiger partial charge in [-0.2, -0.15) is 0 Å². The van der Waals surface area contributed by atoms with E-state index in [1.807, 2.05) is 88.4 Å². The van der Waals surface area contributed by atoms with Crippen LogP contribution in [0.25, 0.3) is 0 Å². The molecule has 0 bridgehead atoms.